The second-order valence-corrected chi connectivity index (χ2v) is 3.13. The van der Waals surface area contributed by atoms with Gasteiger partial charge in [-0.1, -0.05) is 6.92 Å². The topological polar surface area (TPSA) is 72.9 Å². The van der Waals surface area contributed by atoms with Gasteiger partial charge in [-0.25, -0.2) is 4.98 Å². The molecular weight excluding hydrogens is 180 g/mol. The van der Waals surface area contributed by atoms with Gasteiger partial charge < -0.3 is 15.6 Å². The molecule has 1 amide bonds. The number of nitrogens with one attached hydrogen (secondary N) is 1. The summed E-state index contributed by atoms with van der Waals surface area (Å²) in [5.74, 6) is 0.400. The summed E-state index contributed by atoms with van der Waals surface area (Å²) in [4.78, 5) is 15.0. The minimum atomic E-state index is -0.334. The van der Waals surface area contributed by atoms with Gasteiger partial charge >= 0.3 is 0 Å². The number of hydrogen-bond donors (Lipinski definition) is 2. The molecule has 0 bridgehead atoms. The molecule has 0 atom stereocenters. The number of carbonyl (C=O) groups is 1. The summed E-state index contributed by atoms with van der Waals surface area (Å²) in [6, 6.07) is 0. The van der Waals surface area contributed by atoms with Crippen LogP contribution in [0.3, 0.4) is 0 Å². The Labute approximate surface area is 83.3 Å². The third kappa shape index (κ3) is 2.25. The van der Waals surface area contributed by atoms with Crippen molar-refractivity contribution in [3.8, 4) is 0 Å². The van der Waals surface area contributed by atoms with Crippen molar-refractivity contribution in [2.24, 2.45) is 5.73 Å². The number of nitrogens with zero attached hydrogens (tertiary/aromatic N) is 2. The van der Waals surface area contributed by atoms with E-state index in [1.54, 1.807) is 13.4 Å². The summed E-state index contributed by atoms with van der Waals surface area (Å²) in [5, 5.41) is 2.94. The fourth-order valence-electron chi connectivity index (χ4n) is 1.40. The number of hydrogen-bond acceptors (Lipinski definition) is 3. The van der Waals surface area contributed by atoms with E-state index in [-0.39, 0.29) is 12.3 Å². The fourth-order valence-corrected chi connectivity index (χ4v) is 1.40. The summed E-state index contributed by atoms with van der Waals surface area (Å²) in [7, 11) is 1.78. The van der Waals surface area contributed by atoms with Crippen LogP contribution < -0.4 is 11.1 Å². The van der Waals surface area contributed by atoms with Crippen LogP contribution in [0, 0.1) is 0 Å². The molecule has 1 heterocycles. The number of primary amides is 1. The number of rotatable bonds is 5. The summed E-state index contributed by atoms with van der Waals surface area (Å²) in [6.07, 6.45) is 2.97. The molecule has 5 nitrogen and oxygen atoms in total. The van der Waals surface area contributed by atoms with Crippen LogP contribution in [0.1, 0.15) is 19.0 Å². The Morgan fingerprint density at radius 2 is 2.43 bits per heavy atom. The Kier molecular flexibility index (Phi) is 3.50. The minimum absolute atomic E-state index is 0.232. The second-order valence-electron chi connectivity index (χ2n) is 3.13. The lowest BCUT2D eigenvalue weighted by atomic mass is 10.3. The van der Waals surface area contributed by atoms with Crippen molar-refractivity contribution in [3.05, 3.63) is 12.0 Å². The second kappa shape index (κ2) is 4.64. The molecule has 0 radical (unpaired) electrons. The van der Waals surface area contributed by atoms with E-state index in [9.17, 15) is 4.79 Å². The SMILES string of the molecule is CCCn1cnc(NC)c1CC(N)=O. The zero-order chi connectivity index (χ0) is 10.6. The van der Waals surface area contributed by atoms with Crippen LogP contribution in [0.5, 0.6) is 0 Å². The standard InChI is InChI=1S/C9H16N4O/c1-3-4-13-6-12-9(11-2)7(13)5-8(10)14/h6,11H,3-5H2,1-2H3,(H2,10,14). The quantitative estimate of drug-likeness (QED) is 0.714. The van der Waals surface area contributed by atoms with Crippen molar-refractivity contribution in [2.45, 2.75) is 26.3 Å². The smallest absolute Gasteiger partial charge is 0.223 e. The summed E-state index contributed by atoms with van der Waals surface area (Å²) >= 11 is 0. The lowest BCUT2D eigenvalue weighted by molar-refractivity contribution is -0.117. The highest BCUT2D eigenvalue weighted by molar-refractivity contribution is 5.77. The number of aryl methyl sites for hydroxylation is 1. The molecule has 14 heavy (non-hydrogen) atoms. The lowest BCUT2D eigenvalue weighted by Gasteiger charge is -2.06. The van der Waals surface area contributed by atoms with Gasteiger partial charge in [-0.3, -0.25) is 4.79 Å². The number of nitrogens with two attached hydrogens (primary N) is 1. The normalized spacial score (nSPS) is 10.1. The number of anilines is 1. The average molecular weight is 196 g/mol. The molecule has 0 aliphatic heterocycles. The van der Waals surface area contributed by atoms with Gasteiger partial charge in [0.2, 0.25) is 5.91 Å². The summed E-state index contributed by atoms with van der Waals surface area (Å²) in [5.41, 5.74) is 6.03. The predicted molar refractivity (Wildman–Crippen MR) is 55.0 cm³/mol. The number of amides is 1. The number of carbonyl (C=O) groups excluding carboxylic acids is 1. The van der Waals surface area contributed by atoms with Crippen molar-refractivity contribution < 1.29 is 4.79 Å². The maximum absolute atomic E-state index is 10.8. The number of aromatic nitrogens is 2. The first-order valence-electron chi connectivity index (χ1n) is 4.69. The van der Waals surface area contributed by atoms with E-state index in [4.69, 9.17) is 5.73 Å². The van der Waals surface area contributed by atoms with Gasteiger partial charge in [0.05, 0.1) is 18.4 Å². The Morgan fingerprint density at radius 1 is 1.71 bits per heavy atom. The van der Waals surface area contributed by atoms with Gasteiger partial charge in [0, 0.05) is 13.6 Å². The Bertz CT molecular complexity index is 319. The molecule has 0 aromatic carbocycles. The zero-order valence-electron chi connectivity index (χ0n) is 8.58. The van der Waals surface area contributed by atoms with Crippen LogP contribution in [0.2, 0.25) is 0 Å². The molecule has 1 aromatic rings. The highest BCUT2D eigenvalue weighted by Gasteiger charge is 2.11. The van der Waals surface area contributed by atoms with Gasteiger partial charge in [-0.2, -0.15) is 0 Å². The molecule has 0 fully saturated rings. The van der Waals surface area contributed by atoms with E-state index in [2.05, 4.69) is 17.2 Å². The summed E-state index contributed by atoms with van der Waals surface area (Å²) < 4.78 is 1.95. The van der Waals surface area contributed by atoms with Crippen LogP contribution in [0.15, 0.2) is 6.33 Å². The highest BCUT2D eigenvalue weighted by Crippen LogP contribution is 2.13. The lowest BCUT2D eigenvalue weighted by Crippen LogP contribution is -2.17. The molecule has 0 aliphatic carbocycles. The minimum Gasteiger partial charge on any atom is -0.372 e. The molecule has 0 aliphatic rings. The van der Waals surface area contributed by atoms with Crippen LogP contribution in [0.25, 0.3) is 0 Å². The molecular formula is C9H16N4O. The van der Waals surface area contributed by atoms with E-state index in [0.717, 1.165) is 24.5 Å². The molecule has 1 aromatic heterocycles. The molecule has 0 unspecified atom stereocenters. The van der Waals surface area contributed by atoms with E-state index < -0.39 is 0 Å². The van der Waals surface area contributed by atoms with E-state index in [0.29, 0.717) is 0 Å². The molecule has 0 spiro atoms. The van der Waals surface area contributed by atoms with Crippen molar-refractivity contribution >= 4 is 11.7 Å². The van der Waals surface area contributed by atoms with Crippen molar-refractivity contribution in [1.29, 1.82) is 0 Å². The third-order valence-electron chi connectivity index (χ3n) is 1.99. The van der Waals surface area contributed by atoms with E-state index in [1.165, 1.54) is 0 Å². The molecule has 0 saturated heterocycles. The first-order chi connectivity index (χ1) is 6.69. The summed E-state index contributed by atoms with van der Waals surface area (Å²) in [6.45, 7) is 2.93. The van der Waals surface area contributed by atoms with Crippen LogP contribution in [-0.4, -0.2) is 22.5 Å². The first kappa shape index (κ1) is 10.6. The van der Waals surface area contributed by atoms with Crippen molar-refractivity contribution in [3.63, 3.8) is 0 Å². The maximum atomic E-state index is 10.8. The predicted octanol–water partition coefficient (Wildman–Crippen LogP) is 0.363. The monoisotopic (exact) mass is 196 g/mol. The molecule has 3 N–H and O–H groups in total. The van der Waals surface area contributed by atoms with E-state index >= 15 is 0 Å². The molecule has 0 saturated carbocycles. The first-order valence-corrected chi connectivity index (χ1v) is 4.69. The molecule has 78 valence electrons. The van der Waals surface area contributed by atoms with E-state index in [1.807, 2.05) is 4.57 Å². The maximum Gasteiger partial charge on any atom is 0.223 e. The molecule has 5 heteroatoms. The Morgan fingerprint density at radius 3 is 2.93 bits per heavy atom. The van der Waals surface area contributed by atoms with Crippen LogP contribution in [-0.2, 0) is 17.8 Å². The van der Waals surface area contributed by atoms with Crippen molar-refractivity contribution in [2.75, 3.05) is 12.4 Å². The Hall–Kier alpha value is -1.52. The van der Waals surface area contributed by atoms with Crippen LogP contribution >= 0.6 is 0 Å². The van der Waals surface area contributed by atoms with Crippen LogP contribution in [0.4, 0.5) is 5.82 Å². The highest BCUT2D eigenvalue weighted by atomic mass is 16.1. The third-order valence-corrected chi connectivity index (χ3v) is 1.99. The van der Waals surface area contributed by atoms with Crippen molar-refractivity contribution in [1.82, 2.24) is 9.55 Å². The fraction of sp³-hybridized carbons (Fsp3) is 0.556. The average Bonchev–Trinajstić information content (AvgIpc) is 2.48. The van der Waals surface area contributed by atoms with Gasteiger partial charge in [-0.05, 0) is 6.42 Å². The van der Waals surface area contributed by atoms with Gasteiger partial charge in [0.1, 0.15) is 5.82 Å². The largest absolute Gasteiger partial charge is 0.372 e. The Balaban J connectivity index is 2.93. The van der Waals surface area contributed by atoms with Gasteiger partial charge in [0.15, 0.2) is 0 Å². The van der Waals surface area contributed by atoms with Gasteiger partial charge in [0.25, 0.3) is 0 Å². The zero-order valence-corrected chi connectivity index (χ0v) is 8.58. The molecule has 1 rings (SSSR count). The number of imidazole rings is 1. The van der Waals surface area contributed by atoms with Gasteiger partial charge in [-0.15, -0.1) is 0 Å².